The molecule has 8 nitrogen and oxygen atoms in total. The van der Waals surface area contributed by atoms with Crippen LogP contribution >= 0.6 is 0 Å². The van der Waals surface area contributed by atoms with Crippen LogP contribution in [0.4, 0.5) is 0 Å². The van der Waals surface area contributed by atoms with Crippen LogP contribution in [0.5, 0.6) is 5.75 Å². The van der Waals surface area contributed by atoms with E-state index in [1.54, 1.807) is 45.9 Å². The lowest BCUT2D eigenvalue weighted by Gasteiger charge is -2.43. The molecule has 0 bridgehead atoms. The fourth-order valence-corrected chi connectivity index (χ4v) is 3.63. The maximum atomic E-state index is 12.7. The van der Waals surface area contributed by atoms with Crippen molar-refractivity contribution >= 4 is 22.9 Å². The summed E-state index contributed by atoms with van der Waals surface area (Å²) < 4.78 is 28.2. The van der Waals surface area contributed by atoms with Crippen molar-refractivity contribution in [1.82, 2.24) is 0 Å². The first-order valence-corrected chi connectivity index (χ1v) is 9.35. The Hall–Kier alpha value is -2.87. The molecule has 0 spiro atoms. The van der Waals surface area contributed by atoms with Crippen molar-refractivity contribution in [1.29, 1.82) is 0 Å². The molecule has 2 aromatic rings. The minimum atomic E-state index is -1.05. The molecule has 2 aliphatic rings. The summed E-state index contributed by atoms with van der Waals surface area (Å²) in [6.07, 6.45) is -2.29. The normalized spacial score (nSPS) is 29.5. The van der Waals surface area contributed by atoms with Crippen LogP contribution in [0.2, 0.25) is 0 Å². The van der Waals surface area contributed by atoms with Gasteiger partial charge in [-0.05, 0) is 45.9 Å². The second kappa shape index (κ2) is 6.32. The van der Waals surface area contributed by atoms with Crippen LogP contribution in [0, 0.1) is 0 Å². The summed E-state index contributed by atoms with van der Waals surface area (Å²) in [6, 6.07) is 6.35. The van der Waals surface area contributed by atoms with Crippen LogP contribution in [-0.4, -0.2) is 35.3 Å². The third-order valence-corrected chi connectivity index (χ3v) is 5.48. The summed E-state index contributed by atoms with van der Waals surface area (Å²) >= 11 is 0. The molecule has 1 aromatic heterocycles. The van der Waals surface area contributed by atoms with E-state index in [-0.39, 0.29) is 11.7 Å². The number of hydrogen-bond acceptors (Lipinski definition) is 8. The number of benzene rings is 1. The highest BCUT2D eigenvalue weighted by molar-refractivity contribution is 5.85. The number of epoxide rings is 1. The Balaban J connectivity index is 1.85. The Labute approximate surface area is 166 Å². The molecule has 0 unspecified atom stereocenters. The van der Waals surface area contributed by atoms with Crippen LogP contribution in [0.1, 0.15) is 46.3 Å². The minimum absolute atomic E-state index is 0.222. The second-order valence-electron chi connectivity index (χ2n) is 8.08. The molecule has 0 N–H and O–H groups in total. The number of hydrogen-bond donors (Lipinski definition) is 0. The van der Waals surface area contributed by atoms with Gasteiger partial charge in [0.15, 0.2) is 17.8 Å². The van der Waals surface area contributed by atoms with Crippen molar-refractivity contribution < 1.29 is 33.0 Å². The van der Waals surface area contributed by atoms with Gasteiger partial charge in [0.2, 0.25) is 0 Å². The smallest absolute Gasteiger partial charge is 0.341 e. The van der Waals surface area contributed by atoms with Gasteiger partial charge in [0.1, 0.15) is 16.9 Å². The zero-order chi connectivity index (χ0) is 21.1. The molecule has 0 saturated carbocycles. The van der Waals surface area contributed by atoms with Crippen molar-refractivity contribution in [3.63, 3.8) is 0 Å². The molecule has 1 fully saturated rings. The molecule has 1 saturated heterocycles. The van der Waals surface area contributed by atoms with E-state index >= 15 is 0 Å². The monoisotopic (exact) mass is 402 g/mol. The SMILES string of the molecule is CC(=O)O[C@@H]1c2c(ccc3ccc(=O)oc23)OC(C)(C)[C@H]1OC(=O)[C@]1(C)O[C@@H]1C. The number of carbonyl (C=O) groups is 2. The van der Waals surface area contributed by atoms with Crippen molar-refractivity contribution in [3.8, 4) is 5.75 Å². The Morgan fingerprint density at radius 1 is 1.07 bits per heavy atom. The number of carbonyl (C=O) groups excluding carboxylic acids is 2. The maximum Gasteiger partial charge on any atom is 0.341 e. The van der Waals surface area contributed by atoms with Gasteiger partial charge >= 0.3 is 17.6 Å². The predicted octanol–water partition coefficient (Wildman–Crippen LogP) is 2.66. The lowest BCUT2D eigenvalue weighted by Crippen LogP contribution is -2.53. The minimum Gasteiger partial charge on any atom is -0.483 e. The number of ether oxygens (including phenoxy) is 4. The van der Waals surface area contributed by atoms with Gasteiger partial charge in [-0.15, -0.1) is 0 Å². The molecular formula is C21H22O8. The summed E-state index contributed by atoms with van der Waals surface area (Å²) in [4.78, 5) is 36.5. The van der Waals surface area contributed by atoms with Crippen LogP contribution in [-0.2, 0) is 23.8 Å². The number of fused-ring (bicyclic) bond motifs is 3. The summed E-state index contributed by atoms with van der Waals surface area (Å²) in [6.45, 7) is 8.13. The highest BCUT2D eigenvalue weighted by Gasteiger charge is 2.60. The van der Waals surface area contributed by atoms with E-state index < -0.39 is 41.0 Å². The third-order valence-electron chi connectivity index (χ3n) is 5.48. The molecule has 154 valence electrons. The second-order valence-corrected chi connectivity index (χ2v) is 8.08. The first kappa shape index (κ1) is 19.4. The summed E-state index contributed by atoms with van der Waals surface area (Å²) in [5.41, 5.74) is -2.07. The molecule has 0 aliphatic carbocycles. The average Bonchev–Trinajstić information content (AvgIpc) is 3.24. The molecule has 8 heteroatoms. The molecule has 0 radical (unpaired) electrons. The standard InChI is InChI=1S/C21H22O8/c1-10-21(5,28-10)19(24)27-18-17(25-11(2)22)15-13(29-20(18,3)4)8-6-12-7-9-14(23)26-16(12)15/h6-10,17-18H,1-5H3/t10-,17-,18+,21-/m1/s1. The van der Waals surface area contributed by atoms with E-state index in [0.29, 0.717) is 16.7 Å². The van der Waals surface area contributed by atoms with E-state index in [2.05, 4.69) is 0 Å². The number of esters is 2. The largest absolute Gasteiger partial charge is 0.483 e. The van der Waals surface area contributed by atoms with Gasteiger partial charge in [0.25, 0.3) is 0 Å². The van der Waals surface area contributed by atoms with E-state index in [1.165, 1.54) is 13.0 Å². The Kier molecular flexibility index (Phi) is 4.24. The lowest BCUT2D eigenvalue weighted by molar-refractivity contribution is -0.192. The van der Waals surface area contributed by atoms with Gasteiger partial charge in [0, 0.05) is 18.4 Å². The molecule has 4 rings (SSSR count). The van der Waals surface area contributed by atoms with Crippen molar-refractivity contribution in [2.45, 2.75) is 64.1 Å². The van der Waals surface area contributed by atoms with Gasteiger partial charge in [-0.1, -0.05) is 0 Å². The summed E-state index contributed by atoms with van der Waals surface area (Å²) in [5.74, 6) is -0.760. The zero-order valence-electron chi connectivity index (χ0n) is 16.8. The molecule has 3 heterocycles. The fraction of sp³-hybridized carbons (Fsp3) is 0.476. The zero-order valence-corrected chi connectivity index (χ0v) is 16.8. The predicted molar refractivity (Wildman–Crippen MR) is 101 cm³/mol. The van der Waals surface area contributed by atoms with Gasteiger partial charge in [-0.3, -0.25) is 4.79 Å². The van der Waals surface area contributed by atoms with Crippen LogP contribution in [0.3, 0.4) is 0 Å². The average molecular weight is 402 g/mol. The van der Waals surface area contributed by atoms with E-state index in [1.807, 2.05) is 0 Å². The van der Waals surface area contributed by atoms with Gasteiger partial charge in [-0.2, -0.15) is 0 Å². The van der Waals surface area contributed by atoms with E-state index in [0.717, 1.165) is 0 Å². The topological polar surface area (TPSA) is 105 Å². The Morgan fingerprint density at radius 2 is 1.72 bits per heavy atom. The van der Waals surface area contributed by atoms with Crippen LogP contribution < -0.4 is 10.4 Å². The third kappa shape index (κ3) is 3.17. The molecule has 2 aliphatic heterocycles. The molecule has 29 heavy (non-hydrogen) atoms. The highest BCUT2D eigenvalue weighted by atomic mass is 16.7. The Morgan fingerprint density at radius 3 is 2.34 bits per heavy atom. The van der Waals surface area contributed by atoms with Crippen molar-refractivity contribution in [3.05, 3.63) is 40.2 Å². The van der Waals surface area contributed by atoms with Crippen LogP contribution in [0.15, 0.2) is 33.5 Å². The Bertz CT molecular complexity index is 1070. The summed E-state index contributed by atoms with van der Waals surface area (Å²) in [5, 5.41) is 0.625. The van der Waals surface area contributed by atoms with E-state index in [9.17, 15) is 14.4 Å². The lowest BCUT2D eigenvalue weighted by atomic mass is 9.87. The fourth-order valence-electron chi connectivity index (χ4n) is 3.63. The molecule has 4 atom stereocenters. The number of rotatable bonds is 3. The molecule has 0 amide bonds. The first-order valence-electron chi connectivity index (χ1n) is 9.35. The van der Waals surface area contributed by atoms with Crippen molar-refractivity contribution in [2.75, 3.05) is 0 Å². The van der Waals surface area contributed by atoms with E-state index in [4.69, 9.17) is 23.4 Å². The van der Waals surface area contributed by atoms with Gasteiger partial charge in [0.05, 0.1) is 11.7 Å². The summed E-state index contributed by atoms with van der Waals surface area (Å²) in [7, 11) is 0. The van der Waals surface area contributed by atoms with Gasteiger partial charge in [-0.25, -0.2) is 9.59 Å². The van der Waals surface area contributed by atoms with Crippen LogP contribution in [0.25, 0.3) is 11.0 Å². The van der Waals surface area contributed by atoms with Crippen molar-refractivity contribution in [2.24, 2.45) is 0 Å². The maximum absolute atomic E-state index is 12.7. The molecular weight excluding hydrogens is 380 g/mol. The quantitative estimate of drug-likeness (QED) is 0.438. The highest BCUT2D eigenvalue weighted by Crippen LogP contribution is 2.47. The first-order chi connectivity index (χ1) is 13.5. The molecule has 1 aromatic carbocycles. The van der Waals surface area contributed by atoms with Gasteiger partial charge < -0.3 is 23.4 Å².